The summed E-state index contributed by atoms with van der Waals surface area (Å²) in [6.07, 6.45) is -0.538. The van der Waals surface area contributed by atoms with E-state index in [-0.39, 0.29) is 29.9 Å². The molecular weight excluding hydrogens is 337 g/mol. The van der Waals surface area contributed by atoms with E-state index in [0.717, 1.165) is 0 Å². The van der Waals surface area contributed by atoms with Crippen molar-refractivity contribution in [1.29, 1.82) is 0 Å². The largest absolute Gasteiger partial charge is 0.483 e. The van der Waals surface area contributed by atoms with Gasteiger partial charge in [0.25, 0.3) is 5.91 Å². The predicted octanol–water partition coefficient (Wildman–Crippen LogP) is 3.77. The Kier molecular flexibility index (Phi) is 6.42. The van der Waals surface area contributed by atoms with Gasteiger partial charge in [-0.05, 0) is 30.2 Å². The summed E-state index contributed by atoms with van der Waals surface area (Å²) < 4.78 is 24.3. The maximum atomic E-state index is 13.5. The number of aliphatic hydroxyl groups is 1. The Labute approximate surface area is 153 Å². The number of ether oxygens (including phenoxy) is 1. The fourth-order valence-electron chi connectivity index (χ4n) is 2.69. The molecule has 0 spiro atoms. The summed E-state index contributed by atoms with van der Waals surface area (Å²) in [5, 5.41) is 13.0. The smallest absolute Gasteiger partial charge is 0.287 e. The zero-order valence-corrected chi connectivity index (χ0v) is 15.6. The number of aliphatic hydroxyl groups excluding tert-OH is 1. The van der Waals surface area contributed by atoms with Gasteiger partial charge in [0, 0.05) is 12.0 Å². The molecule has 0 saturated carbocycles. The van der Waals surface area contributed by atoms with Gasteiger partial charge in [0.2, 0.25) is 0 Å². The fraction of sp³-hybridized carbons (Fsp3) is 0.450. The predicted molar refractivity (Wildman–Crippen MR) is 96.4 cm³/mol. The molecule has 0 unspecified atom stereocenters. The number of nitrogens with one attached hydrogen (secondary N) is 1. The minimum absolute atomic E-state index is 0.0196. The second-order valence-corrected chi connectivity index (χ2v) is 7.35. The zero-order valence-electron chi connectivity index (χ0n) is 15.6. The van der Waals surface area contributed by atoms with Gasteiger partial charge in [-0.3, -0.25) is 4.79 Å². The topological polar surface area (TPSA) is 71.7 Å². The number of hydrogen-bond acceptors (Lipinski definition) is 4. The van der Waals surface area contributed by atoms with Gasteiger partial charge >= 0.3 is 0 Å². The lowest BCUT2D eigenvalue weighted by atomic mass is 9.80. The highest BCUT2D eigenvalue weighted by Gasteiger charge is 2.30. The molecule has 2 N–H and O–H groups in total. The number of amides is 1. The third-order valence-corrected chi connectivity index (χ3v) is 4.23. The molecule has 0 saturated heterocycles. The second-order valence-electron chi connectivity index (χ2n) is 7.35. The van der Waals surface area contributed by atoms with E-state index in [1.165, 1.54) is 12.1 Å². The summed E-state index contributed by atoms with van der Waals surface area (Å²) in [6, 6.07) is 9.24. The van der Waals surface area contributed by atoms with Crippen LogP contribution in [-0.2, 0) is 6.61 Å². The Bertz CT molecular complexity index is 739. The number of halogens is 1. The van der Waals surface area contributed by atoms with E-state index < -0.39 is 17.3 Å². The molecule has 0 fully saturated rings. The summed E-state index contributed by atoms with van der Waals surface area (Å²) in [4.78, 5) is 12.2. The number of carbonyl (C=O) groups excluding carboxylic acids is 1. The zero-order chi connectivity index (χ0) is 19.3. The van der Waals surface area contributed by atoms with E-state index in [1.807, 2.05) is 27.7 Å². The molecule has 0 aliphatic heterocycles. The average Bonchev–Trinajstić information content (AvgIpc) is 3.07. The molecule has 5 nitrogen and oxygen atoms in total. The molecule has 1 aromatic carbocycles. The van der Waals surface area contributed by atoms with Crippen molar-refractivity contribution in [3.8, 4) is 5.75 Å². The first-order valence-electron chi connectivity index (χ1n) is 8.63. The van der Waals surface area contributed by atoms with Gasteiger partial charge in [0.05, 0.1) is 6.10 Å². The van der Waals surface area contributed by atoms with E-state index >= 15 is 0 Å². The van der Waals surface area contributed by atoms with E-state index in [0.29, 0.717) is 12.3 Å². The molecule has 1 atom stereocenters. The van der Waals surface area contributed by atoms with Crippen molar-refractivity contribution in [1.82, 2.24) is 5.32 Å². The summed E-state index contributed by atoms with van der Waals surface area (Å²) >= 11 is 0. The number of furan rings is 1. The van der Waals surface area contributed by atoms with Crippen molar-refractivity contribution < 1.29 is 23.4 Å². The molecule has 142 valence electrons. The number of para-hydroxylation sites is 1. The van der Waals surface area contributed by atoms with Gasteiger partial charge in [-0.2, -0.15) is 0 Å². The number of carbonyl (C=O) groups is 1. The van der Waals surface area contributed by atoms with Crippen LogP contribution in [0.2, 0.25) is 0 Å². The van der Waals surface area contributed by atoms with Crippen LogP contribution < -0.4 is 10.1 Å². The molecule has 2 rings (SSSR count). The molecule has 0 aliphatic rings. The Hall–Kier alpha value is -2.34. The van der Waals surface area contributed by atoms with E-state index in [4.69, 9.17) is 9.15 Å². The van der Waals surface area contributed by atoms with Crippen molar-refractivity contribution in [2.24, 2.45) is 11.3 Å². The van der Waals surface area contributed by atoms with Gasteiger partial charge < -0.3 is 19.6 Å². The lowest BCUT2D eigenvalue weighted by molar-refractivity contribution is 0.0136. The number of rotatable bonds is 8. The minimum Gasteiger partial charge on any atom is -0.483 e. The van der Waals surface area contributed by atoms with E-state index in [9.17, 15) is 14.3 Å². The monoisotopic (exact) mass is 363 g/mol. The van der Waals surface area contributed by atoms with Crippen LogP contribution in [-0.4, -0.2) is 23.7 Å². The van der Waals surface area contributed by atoms with Gasteiger partial charge in [-0.1, -0.05) is 39.8 Å². The first-order chi connectivity index (χ1) is 12.2. The second kappa shape index (κ2) is 8.36. The van der Waals surface area contributed by atoms with Crippen molar-refractivity contribution in [2.75, 3.05) is 6.54 Å². The van der Waals surface area contributed by atoms with Crippen LogP contribution >= 0.6 is 0 Å². The van der Waals surface area contributed by atoms with Crippen molar-refractivity contribution in [3.05, 3.63) is 53.7 Å². The molecule has 1 aromatic heterocycles. The Morgan fingerprint density at radius 3 is 2.62 bits per heavy atom. The molecule has 0 bridgehead atoms. The molecule has 0 radical (unpaired) electrons. The third kappa shape index (κ3) is 5.08. The third-order valence-electron chi connectivity index (χ3n) is 4.23. The molecule has 26 heavy (non-hydrogen) atoms. The summed E-state index contributed by atoms with van der Waals surface area (Å²) in [5.74, 6) is -0.0482. The van der Waals surface area contributed by atoms with Crippen molar-refractivity contribution in [2.45, 2.75) is 40.4 Å². The summed E-state index contributed by atoms with van der Waals surface area (Å²) in [6.45, 7) is 7.99. The molecule has 2 aromatic rings. The Balaban J connectivity index is 1.90. The van der Waals surface area contributed by atoms with Crippen LogP contribution in [0.5, 0.6) is 5.75 Å². The van der Waals surface area contributed by atoms with Crippen LogP contribution in [0, 0.1) is 17.2 Å². The first kappa shape index (κ1) is 20.0. The van der Waals surface area contributed by atoms with Crippen LogP contribution in [0.3, 0.4) is 0 Å². The van der Waals surface area contributed by atoms with Crippen LogP contribution in [0.15, 0.2) is 40.8 Å². The average molecular weight is 363 g/mol. The van der Waals surface area contributed by atoms with Crippen molar-refractivity contribution in [3.63, 3.8) is 0 Å². The Morgan fingerprint density at radius 1 is 1.27 bits per heavy atom. The molecule has 1 amide bonds. The summed E-state index contributed by atoms with van der Waals surface area (Å²) in [5.41, 5.74) is -0.465. The van der Waals surface area contributed by atoms with E-state index in [2.05, 4.69) is 5.32 Å². The lowest BCUT2D eigenvalue weighted by Crippen LogP contribution is -2.43. The number of hydrogen-bond donors (Lipinski definition) is 2. The SMILES string of the molecule is CC(C)[C@@H](O)C(C)(C)CNC(=O)c1ccc(COc2ccccc2F)o1. The summed E-state index contributed by atoms with van der Waals surface area (Å²) in [7, 11) is 0. The molecular formula is C20H26FNO4. The molecule has 6 heteroatoms. The standard InChI is InChI=1S/C20H26FNO4/c1-13(2)18(23)20(3,4)12-22-19(24)17-10-9-14(26-17)11-25-16-8-6-5-7-15(16)21/h5-10,13,18,23H,11-12H2,1-4H3,(H,22,24)/t18-/m1/s1. The molecule has 0 aliphatic carbocycles. The van der Waals surface area contributed by atoms with Gasteiger partial charge in [-0.15, -0.1) is 0 Å². The lowest BCUT2D eigenvalue weighted by Gasteiger charge is -2.33. The van der Waals surface area contributed by atoms with Crippen LogP contribution in [0.25, 0.3) is 0 Å². The van der Waals surface area contributed by atoms with Gasteiger partial charge in [0.15, 0.2) is 17.3 Å². The Morgan fingerprint density at radius 2 is 1.96 bits per heavy atom. The van der Waals surface area contributed by atoms with Crippen LogP contribution in [0.4, 0.5) is 4.39 Å². The number of benzene rings is 1. The van der Waals surface area contributed by atoms with Crippen LogP contribution in [0.1, 0.15) is 44.0 Å². The quantitative estimate of drug-likeness (QED) is 0.749. The normalized spacial score (nSPS) is 12.9. The van der Waals surface area contributed by atoms with E-state index in [1.54, 1.807) is 24.3 Å². The van der Waals surface area contributed by atoms with Gasteiger partial charge in [-0.25, -0.2) is 4.39 Å². The first-order valence-corrected chi connectivity index (χ1v) is 8.63. The van der Waals surface area contributed by atoms with Crippen molar-refractivity contribution >= 4 is 5.91 Å². The highest BCUT2D eigenvalue weighted by Crippen LogP contribution is 2.25. The maximum absolute atomic E-state index is 13.5. The highest BCUT2D eigenvalue weighted by molar-refractivity contribution is 5.91. The highest BCUT2D eigenvalue weighted by atomic mass is 19.1. The fourth-order valence-corrected chi connectivity index (χ4v) is 2.69. The minimum atomic E-state index is -0.538. The maximum Gasteiger partial charge on any atom is 0.287 e. The van der Waals surface area contributed by atoms with Gasteiger partial charge in [0.1, 0.15) is 12.4 Å². The molecule has 1 heterocycles.